The van der Waals surface area contributed by atoms with Crippen LogP contribution in [0, 0.1) is 11.3 Å². The SMILES string of the molecule is CC[C@@]1(O)CC[C@H](C(=O)O)C(C)(C)C1. The molecule has 0 spiro atoms. The standard InChI is InChI=1S/C11H20O3/c1-4-11(14)6-5-8(9(12)13)10(2,3)7-11/h8,14H,4-7H2,1-3H3,(H,12,13)/t8-,11-/m1/s1. The maximum atomic E-state index is 11.0. The molecule has 14 heavy (non-hydrogen) atoms. The molecule has 1 rings (SSSR count). The molecule has 0 unspecified atom stereocenters. The number of carbonyl (C=O) groups is 1. The Hall–Kier alpha value is -0.570. The Kier molecular flexibility index (Phi) is 2.91. The van der Waals surface area contributed by atoms with Gasteiger partial charge in [0.25, 0.3) is 0 Å². The largest absolute Gasteiger partial charge is 0.481 e. The first-order valence-electron chi connectivity index (χ1n) is 5.26. The van der Waals surface area contributed by atoms with Crippen LogP contribution in [0.15, 0.2) is 0 Å². The Morgan fingerprint density at radius 3 is 2.43 bits per heavy atom. The first-order valence-corrected chi connectivity index (χ1v) is 5.26. The molecule has 1 fully saturated rings. The molecule has 2 atom stereocenters. The molecule has 1 aliphatic carbocycles. The van der Waals surface area contributed by atoms with Crippen molar-refractivity contribution in [2.45, 2.75) is 52.1 Å². The second-order valence-corrected chi connectivity index (χ2v) is 5.17. The molecule has 0 aromatic rings. The summed E-state index contributed by atoms with van der Waals surface area (Å²) in [6.07, 6.45) is 2.51. The van der Waals surface area contributed by atoms with E-state index in [0.717, 1.165) is 0 Å². The van der Waals surface area contributed by atoms with Gasteiger partial charge in [-0.05, 0) is 31.1 Å². The van der Waals surface area contributed by atoms with Crippen molar-refractivity contribution >= 4 is 5.97 Å². The van der Waals surface area contributed by atoms with Gasteiger partial charge in [0.2, 0.25) is 0 Å². The molecular weight excluding hydrogens is 180 g/mol. The monoisotopic (exact) mass is 200 g/mol. The highest BCUT2D eigenvalue weighted by molar-refractivity contribution is 5.71. The first-order chi connectivity index (χ1) is 6.31. The van der Waals surface area contributed by atoms with Crippen molar-refractivity contribution < 1.29 is 15.0 Å². The van der Waals surface area contributed by atoms with Gasteiger partial charge in [-0.2, -0.15) is 0 Å². The molecule has 3 heteroatoms. The zero-order valence-electron chi connectivity index (χ0n) is 9.21. The lowest BCUT2D eigenvalue weighted by molar-refractivity contribution is -0.153. The molecule has 1 aliphatic rings. The van der Waals surface area contributed by atoms with Gasteiger partial charge < -0.3 is 10.2 Å². The highest BCUT2D eigenvalue weighted by atomic mass is 16.4. The first kappa shape index (κ1) is 11.5. The number of aliphatic carboxylic acids is 1. The smallest absolute Gasteiger partial charge is 0.307 e. The van der Waals surface area contributed by atoms with Crippen LogP contribution < -0.4 is 0 Å². The Morgan fingerprint density at radius 1 is 1.50 bits per heavy atom. The zero-order valence-corrected chi connectivity index (χ0v) is 9.21. The van der Waals surface area contributed by atoms with Gasteiger partial charge in [0, 0.05) is 0 Å². The molecule has 0 saturated heterocycles. The third-order valence-electron chi connectivity index (χ3n) is 3.58. The fourth-order valence-corrected chi connectivity index (χ4v) is 2.62. The average molecular weight is 200 g/mol. The van der Waals surface area contributed by atoms with E-state index in [2.05, 4.69) is 0 Å². The summed E-state index contributed by atoms with van der Waals surface area (Å²) in [6.45, 7) is 5.83. The van der Waals surface area contributed by atoms with Crippen molar-refractivity contribution in [3.05, 3.63) is 0 Å². The van der Waals surface area contributed by atoms with Gasteiger partial charge >= 0.3 is 5.97 Å². The van der Waals surface area contributed by atoms with Crippen LogP contribution in [0.5, 0.6) is 0 Å². The van der Waals surface area contributed by atoms with Crippen molar-refractivity contribution in [3.8, 4) is 0 Å². The fourth-order valence-electron chi connectivity index (χ4n) is 2.62. The van der Waals surface area contributed by atoms with E-state index in [-0.39, 0.29) is 11.3 Å². The minimum Gasteiger partial charge on any atom is -0.481 e. The fraction of sp³-hybridized carbons (Fsp3) is 0.909. The average Bonchev–Trinajstić information content (AvgIpc) is 2.01. The summed E-state index contributed by atoms with van der Waals surface area (Å²) in [5.74, 6) is -1.04. The van der Waals surface area contributed by atoms with Crippen LogP contribution in [-0.2, 0) is 4.79 Å². The molecule has 0 heterocycles. The van der Waals surface area contributed by atoms with Gasteiger partial charge in [-0.3, -0.25) is 4.79 Å². The highest BCUT2D eigenvalue weighted by Gasteiger charge is 2.46. The van der Waals surface area contributed by atoms with Crippen molar-refractivity contribution in [2.75, 3.05) is 0 Å². The minimum atomic E-state index is -0.729. The quantitative estimate of drug-likeness (QED) is 0.717. The lowest BCUT2D eigenvalue weighted by atomic mass is 9.63. The van der Waals surface area contributed by atoms with E-state index < -0.39 is 11.6 Å². The van der Waals surface area contributed by atoms with Crippen LogP contribution >= 0.6 is 0 Å². The van der Waals surface area contributed by atoms with Gasteiger partial charge in [0.15, 0.2) is 0 Å². The number of rotatable bonds is 2. The molecule has 3 nitrogen and oxygen atoms in total. The number of hydrogen-bond acceptors (Lipinski definition) is 2. The lowest BCUT2D eigenvalue weighted by Crippen LogP contribution is -2.45. The van der Waals surface area contributed by atoms with Crippen LogP contribution in [0.1, 0.15) is 46.5 Å². The number of hydrogen-bond donors (Lipinski definition) is 2. The molecule has 1 saturated carbocycles. The van der Waals surface area contributed by atoms with Crippen LogP contribution in [-0.4, -0.2) is 21.8 Å². The molecule has 0 radical (unpaired) electrons. The van der Waals surface area contributed by atoms with Crippen LogP contribution in [0.3, 0.4) is 0 Å². The number of aliphatic hydroxyl groups is 1. The summed E-state index contributed by atoms with van der Waals surface area (Å²) >= 11 is 0. The Balaban J connectivity index is 2.80. The van der Waals surface area contributed by atoms with E-state index >= 15 is 0 Å². The van der Waals surface area contributed by atoms with E-state index in [9.17, 15) is 9.90 Å². The zero-order chi connectivity index (χ0) is 11.0. The highest BCUT2D eigenvalue weighted by Crippen LogP contribution is 2.46. The maximum Gasteiger partial charge on any atom is 0.307 e. The number of carboxylic acid groups (broad SMARTS) is 1. The minimum absolute atomic E-state index is 0.297. The summed E-state index contributed by atoms with van der Waals surface area (Å²) in [6, 6.07) is 0. The predicted octanol–water partition coefficient (Wildman–Crippen LogP) is 2.04. The molecule has 2 N–H and O–H groups in total. The molecule has 82 valence electrons. The van der Waals surface area contributed by atoms with Crippen molar-refractivity contribution in [3.63, 3.8) is 0 Å². The van der Waals surface area contributed by atoms with Gasteiger partial charge in [0.05, 0.1) is 11.5 Å². The Morgan fingerprint density at radius 2 is 2.07 bits per heavy atom. The van der Waals surface area contributed by atoms with Crippen LogP contribution in [0.2, 0.25) is 0 Å². The molecule has 0 aliphatic heterocycles. The van der Waals surface area contributed by atoms with Crippen molar-refractivity contribution in [2.24, 2.45) is 11.3 Å². The summed E-state index contributed by atoms with van der Waals surface area (Å²) in [7, 11) is 0. The lowest BCUT2D eigenvalue weighted by Gasteiger charge is -2.44. The van der Waals surface area contributed by atoms with E-state index in [1.807, 2.05) is 20.8 Å². The molecule has 0 amide bonds. The van der Waals surface area contributed by atoms with Gasteiger partial charge in [-0.1, -0.05) is 20.8 Å². The molecule has 0 aromatic carbocycles. The van der Waals surface area contributed by atoms with E-state index in [1.165, 1.54) is 0 Å². The van der Waals surface area contributed by atoms with E-state index in [1.54, 1.807) is 0 Å². The molecule has 0 bridgehead atoms. The van der Waals surface area contributed by atoms with E-state index in [4.69, 9.17) is 5.11 Å². The topological polar surface area (TPSA) is 57.5 Å². The normalized spacial score (nSPS) is 36.7. The summed E-state index contributed by atoms with van der Waals surface area (Å²) in [5, 5.41) is 19.2. The second-order valence-electron chi connectivity index (χ2n) is 5.17. The Bertz CT molecular complexity index is 235. The van der Waals surface area contributed by atoms with Crippen molar-refractivity contribution in [1.82, 2.24) is 0 Å². The van der Waals surface area contributed by atoms with Gasteiger partial charge in [-0.15, -0.1) is 0 Å². The predicted molar refractivity (Wildman–Crippen MR) is 54.0 cm³/mol. The van der Waals surface area contributed by atoms with E-state index in [0.29, 0.717) is 25.7 Å². The third kappa shape index (κ3) is 2.08. The summed E-state index contributed by atoms with van der Waals surface area (Å²) in [5.41, 5.74) is -0.940. The summed E-state index contributed by atoms with van der Waals surface area (Å²) in [4.78, 5) is 11.0. The van der Waals surface area contributed by atoms with Gasteiger partial charge in [0.1, 0.15) is 0 Å². The Labute approximate surface area is 85.1 Å². The maximum absolute atomic E-state index is 11.0. The van der Waals surface area contributed by atoms with Crippen molar-refractivity contribution in [1.29, 1.82) is 0 Å². The second kappa shape index (κ2) is 3.54. The molecular formula is C11H20O3. The summed E-state index contributed by atoms with van der Waals surface area (Å²) < 4.78 is 0. The molecule has 0 aromatic heterocycles. The van der Waals surface area contributed by atoms with Crippen LogP contribution in [0.25, 0.3) is 0 Å². The van der Waals surface area contributed by atoms with Crippen LogP contribution in [0.4, 0.5) is 0 Å². The van der Waals surface area contributed by atoms with Gasteiger partial charge in [-0.25, -0.2) is 0 Å². The number of carboxylic acids is 1. The third-order valence-corrected chi connectivity index (χ3v) is 3.58.